The Hall–Kier alpha value is -2.01. The Morgan fingerprint density at radius 1 is 1.36 bits per heavy atom. The molecule has 0 saturated carbocycles. The van der Waals surface area contributed by atoms with Crippen molar-refractivity contribution >= 4 is 12.0 Å². The lowest BCUT2D eigenvalue weighted by molar-refractivity contribution is -0.131. The third-order valence-corrected chi connectivity index (χ3v) is 1.47. The molecule has 0 fully saturated rings. The van der Waals surface area contributed by atoms with Gasteiger partial charge in [-0.2, -0.15) is 0 Å². The standard InChI is InChI=1S/C12H10O2/c1-2-10-14-12(13)9-8-11-6-4-3-5-7-11/h3-9H,1H3. The van der Waals surface area contributed by atoms with Crippen molar-refractivity contribution in [2.75, 3.05) is 0 Å². The molecule has 0 aliphatic carbocycles. The van der Waals surface area contributed by atoms with Crippen molar-refractivity contribution in [1.29, 1.82) is 0 Å². The zero-order valence-corrected chi connectivity index (χ0v) is 7.86. The zero-order chi connectivity index (χ0) is 10.2. The number of carbonyl (C=O) groups is 1. The summed E-state index contributed by atoms with van der Waals surface area (Å²) in [5, 5.41) is 0. The van der Waals surface area contributed by atoms with Crippen molar-refractivity contribution in [3.8, 4) is 12.0 Å². The summed E-state index contributed by atoms with van der Waals surface area (Å²) in [5.74, 6) is 2.01. The van der Waals surface area contributed by atoms with Gasteiger partial charge in [0.1, 0.15) is 6.11 Å². The lowest BCUT2D eigenvalue weighted by Gasteiger charge is -1.90. The van der Waals surface area contributed by atoms with E-state index in [0.29, 0.717) is 0 Å². The number of hydrogen-bond donors (Lipinski definition) is 0. The Labute approximate surface area is 83.2 Å². The minimum absolute atomic E-state index is 0.455. The summed E-state index contributed by atoms with van der Waals surface area (Å²) in [6.45, 7) is 1.61. The second-order valence-electron chi connectivity index (χ2n) is 2.52. The first-order chi connectivity index (χ1) is 6.83. The van der Waals surface area contributed by atoms with E-state index in [0.717, 1.165) is 5.56 Å². The van der Waals surface area contributed by atoms with Crippen LogP contribution in [-0.4, -0.2) is 5.97 Å². The average molecular weight is 186 g/mol. The Kier molecular flexibility index (Phi) is 4.03. The second kappa shape index (κ2) is 5.60. The molecule has 0 bridgehead atoms. The van der Waals surface area contributed by atoms with E-state index in [1.807, 2.05) is 30.3 Å². The number of hydrogen-bond acceptors (Lipinski definition) is 2. The summed E-state index contributed by atoms with van der Waals surface area (Å²) in [5.41, 5.74) is 0.953. The molecule has 0 radical (unpaired) electrons. The SMILES string of the molecule is CC#COC(=O)C=Cc1ccccc1. The summed E-state index contributed by atoms with van der Waals surface area (Å²) in [6.07, 6.45) is 5.26. The number of esters is 1. The van der Waals surface area contributed by atoms with Gasteiger partial charge in [0.2, 0.25) is 0 Å². The summed E-state index contributed by atoms with van der Waals surface area (Å²) < 4.78 is 4.53. The van der Waals surface area contributed by atoms with Crippen LogP contribution in [0.5, 0.6) is 0 Å². The molecule has 0 aromatic heterocycles. The van der Waals surface area contributed by atoms with Gasteiger partial charge in [-0.25, -0.2) is 4.79 Å². The number of rotatable bonds is 2. The molecule has 0 heterocycles. The van der Waals surface area contributed by atoms with Gasteiger partial charge in [0.05, 0.1) is 0 Å². The van der Waals surface area contributed by atoms with E-state index in [1.165, 1.54) is 6.08 Å². The topological polar surface area (TPSA) is 26.3 Å². The lowest BCUT2D eigenvalue weighted by Crippen LogP contribution is -1.93. The van der Waals surface area contributed by atoms with Crippen molar-refractivity contribution in [2.24, 2.45) is 0 Å². The van der Waals surface area contributed by atoms with Crippen LogP contribution in [0.2, 0.25) is 0 Å². The van der Waals surface area contributed by atoms with E-state index in [1.54, 1.807) is 13.0 Å². The van der Waals surface area contributed by atoms with Gasteiger partial charge in [0, 0.05) is 13.0 Å². The maximum Gasteiger partial charge on any atom is 0.344 e. The highest BCUT2D eigenvalue weighted by Gasteiger charge is 1.92. The molecule has 0 saturated heterocycles. The fraction of sp³-hybridized carbons (Fsp3) is 0.0833. The molecule has 0 amide bonds. The van der Waals surface area contributed by atoms with Crippen LogP contribution in [0.4, 0.5) is 0 Å². The maximum absolute atomic E-state index is 11.0. The highest BCUT2D eigenvalue weighted by Crippen LogP contribution is 2.00. The molecule has 0 aliphatic rings. The number of ether oxygens (including phenoxy) is 1. The molecule has 1 rings (SSSR count). The Balaban J connectivity index is 2.55. The van der Waals surface area contributed by atoms with Gasteiger partial charge in [-0.15, -0.1) is 0 Å². The van der Waals surface area contributed by atoms with Crippen LogP contribution in [-0.2, 0) is 9.53 Å². The Morgan fingerprint density at radius 2 is 2.07 bits per heavy atom. The van der Waals surface area contributed by atoms with Crippen LogP contribution in [0.15, 0.2) is 36.4 Å². The van der Waals surface area contributed by atoms with Gasteiger partial charge in [-0.05, 0) is 11.6 Å². The molecule has 0 spiro atoms. The predicted octanol–water partition coefficient (Wildman–Crippen LogP) is 2.22. The molecule has 2 nitrogen and oxygen atoms in total. The maximum atomic E-state index is 11.0. The van der Waals surface area contributed by atoms with E-state index in [9.17, 15) is 4.79 Å². The monoisotopic (exact) mass is 186 g/mol. The molecular formula is C12H10O2. The Morgan fingerprint density at radius 3 is 2.71 bits per heavy atom. The predicted molar refractivity (Wildman–Crippen MR) is 55.0 cm³/mol. The summed E-state index contributed by atoms with van der Waals surface area (Å²) in [4.78, 5) is 11.0. The first kappa shape index (κ1) is 10.1. The van der Waals surface area contributed by atoms with Gasteiger partial charge < -0.3 is 4.74 Å². The van der Waals surface area contributed by atoms with Crippen molar-refractivity contribution in [3.05, 3.63) is 42.0 Å². The van der Waals surface area contributed by atoms with E-state index < -0.39 is 5.97 Å². The first-order valence-corrected chi connectivity index (χ1v) is 4.18. The average Bonchev–Trinajstić information content (AvgIpc) is 2.25. The summed E-state index contributed by atoms with van der Waals surface area (Å²) in [6, 6.07) is 9.51. The molecule has 1 aromatic rings. The smallest absolute Gasteiger partial charge is 0.344 e. The third-order valence-electron chi connectivity index (χ3n) is 1.47. The largest absolute Gasteiger partial charge is 0.369 e. The second-order valence-corrected chi connectivity index (χ2v) is 2.52. The molecule has 0 unspecified atom stereocenters. The molecule has 0 N–H and O–H groups in total. The van der Waals surface area contributed by atoms with Gasteiger partial charge >= 0.3 is 5.97 Å². The van der Waals surface area contributed by atoms with Crippen LogP contribution < -0.4 is 0 Å². The third kappa shape index (κ3) is 3.59. The molecule has 14 heavy (non-hydrogen) atoms. The van der Waals surface area contributed by atoms with Gasteiger partial charge in [-0.3, -0.25) is 0 Å². The van der Waals surface area contributed by atoms with Gasteiger partial charge in [0.15, 0.2) is 0 Å². The van der Waals surface area contributed by atoms with E-state index in [-0.39, 0.29) is 0 Å². The molecule has 0 atom stereocenters. The van der Waals surface area contributed by atoms with Crippen molar-refractivity contribution in [3.63, 3.8) is 0 Å². The molecule has 1 aromatic carbocycles. The fourth-order valence-corrected chi connectivity index (χ4v) is 0.864. The molecule has 0 aliphatic heterocycles. The molecular weight excluding hydrogens is 176 g/mol. The van der Waals surface area contributed by atoms with E-state index >= 15 is 0 Å². The minimum atomic E-state index is -0.455. The highest BCUT2D eigenvalue weighted by atomic mass is 16.5. The van der Waals surface area contributed by atoms with Crippen LogP contribution in [0.1, 0.15) is 12.5 Å². The van der Waals surface area contributed by atoms with Crippen molar-refractivity contribution < 1.29 is 9.53 Å². The Bertz CT molecular complexity index is 380. The zero-order valence-electron chi connectivity index (χ0n) is 7.86. The lowest BCUT2D eigenvalue weighted by atomic mass is 10.2. The van der Waals surface area contributed by atoms with E-state index in [2.05, 4.69) is 16.8 Å². The van der Waals surface area contributed by atoms with E-state index in [4.69, 9.17) is 0 Å². The molecule has 70 valence electrons. The van der Waals surface area contributed by atoms with Crippen molar-refractivity contribution in [2.45, 2.75) is 6.92 Å². The van der Waals surface area contributed by atoms with Crippen LogP contribution >= 0.6 is 0 Å². The van der Waals surface area contributed by atoms with Crippen molar-refractivity contribution in [1.82, 2.24) is 0 Å². The number of carbonyl (C=O) groups excluding carboxylic acids is 1. The quantitative estimate of drug-likeness (QED) is 0.402. The summed E-state index contributed by atoms with van der Waals surface area (Å²) >= 11 is 0. The van der Waals surface area contributed by atoms with Gasteiger partial charge in [0.25, 0.3) is 0 Å². The summed E-state index contributed by atoms with van der Waals surface area (Å²) in [7, 11) is 0. The fourth-order valence-electron chi connectivity index (χ4n) is 0.864. The number of benzene rings is 1. The highest BCUT2D eigenvalue weighted by molar-refractivity contribution is 5.87. The first-order valence-electron chi connectivity index (χ1n) is 4.18. The minimum Gasteiger partial charge on any atom is -0.369 e. The van der Waals surface area contributed by atoms with Crippen LogP contribution in [0, 0.1) is 12.0 Å². The normalized spacial score (nSPS) is 9.21. The van der Waals surface area contributed by atoms with Gasteiger partial charge in [-0.1, -0.05) is 36.3 Å². The van der Waals surface area contributed by atoms with Crippen LogP contribution in [0.3, 0.4) is 0 Å². The van der Waals surface area contributed by atoms with Crippen LogP contribution in [0.25, 0.3) is 6.08 Å². The molecule has 2 heteroatoms.